The maximum absolute atomic E-state index is 6.53. The van der Waals surface area contributed by atoms with Gasteiger partial charge in [0.15, 0.2) is 35.7 Å². The van der Waals surface area contributed by atoms with Gasteiger partial charge >= 0.3 is 0 Å². The van der Waals surface area contributed by atoms with E-state index >= 15 is 0 Å². The number of benzene rings is 3. The number of hydrogen-bond acceptors (Lipinski definition) is 4. The molecule has 3 heterocycles. The van der Waals surface area contributed by atoms with Crippen molar-refractivity contribution in [3.8, 4) is 34.3 Å². The predicted molar refractivity (Wildman–Crippen MR) is 150 cm³/mol. The van der Waals surface area contributed by atoms with E-state index in [4.69, 9.17) is 18.9 Å². The molecule has 6 rings (SSSR count). The van der Waals surface area contributed by atoms with Gasteiger partial charge in [0.05, 0.1) is 18.1 Å². The molecular weight excluding hydrogens is 474 g/mol. The Labute approximate surface area is 224 Å². The fraction of sp³-hybridized carbons (Fsp3) is 0.364. The molecule has 0 aliphatic carbocycles. The van der Waals surface area contributed by atoms with Crippen LogP contribution in [-0.4, -0.2) is 19.5 Å². The van der Waals surface area contributed by atoms with E-state index in [0.717, 1.165) is 47.8 Å². The molecule has 2 aliphatic rings. The van der Waals surface area contributed by atoms with Crippen LogP contribution in [0.25, 0.3) is 22.0 Å². The molecule has 2 aliphatic heterocycles. The van der Waals surface area contributed by atoms with Crippen molar-refractivity contribution in [1.29, 1.82) is 0 Å². The van der Waals surface area contributed by atoms with Gasteiger partial charge in [0.2, 0.25) is 12.5 Å². The van der Waals surface area contributed by atoms with Crippen molar-refractivity contribution < 1.29 is 23.5 Å². The summed E-state index contributed by atoms with van der Waals surface area (Å²) < 4.78 is 26.2. The van der Waals surface area contributed by atoms with Crippen LogP contribution < -0.4 is 23.5 Å². The van der Waals surface area contributed by atoms with Crippen LogP contribution in [0.3, 0.4) is 0 Å². The summed E-state index contributed by atoms with van der Waals surface area (Å²) in [6.45, 7) is 11.9. The Morgan fingerprint density at radius 1 is 0.947 bits per heavy atom. The fourth-order valence-corrected chi connectivity index (χ4v) is 5.61. The van der Waals surface area contributed by atoms with Gasteiger partial charge in [-0.05, 0) is 67.6 Å². The lowest BCUT2D eigenvalue weighted by atomic mass is 9.88. The monoisotopic (exact) mass is 510 g/mol. The number of hydrogen-bond donors (Lipinski definition) is 0. The second-order valence-electron chi connectivity index (χ2n) is 11.6. The van der Waals surface area contributed by atoms with E-state index in [-0.39, 0.29) is 12.4 Å². The molecule has 5 heteroatoms. The molecule has 5 nitrogen and oxygen atoms in total. The zero-order valence-corrected chi connectivity index (χ0v) is 23.2. The summed E-state index contributed by atoms with van der Waals surface area (Å²) in [6, 6.07) is 17.6. The quantitative estimate of drug-likeness (QED) is 0.272. The Bertz CT molecular complexity index is 1530. The third-order valence-corrected chi connectivity index (χ3v) is 7.47. The first kappa shape index (κ1) is 24.6. The summed E-state index contributed by atoms with van der Waals surface area (Å²) in [7, 11) is 1.71. The SMILES string of the molecule is COc1ccc2c(Cc3ccc(C(C)C)cc3)c3[n+](cc2c1OC(C)(C)C)CCc1cc2c(cc1-3)OCO2. The van der Waals surface area contributed by atoms with E-state index in [2.05, 4.69) is 87.8 Å². The van der Waals surface area contributed by atoms with Gasteiger partial charge in [-0.25, -0.2) is 0 Å². The number of aryl methyl sites for hydroxylation is 2. The number of nitrogens with zero attached hydrogens (tertiary/aromatic N) is 1. The van der Waals surface area contributed by atoms with Crippen molar-refractivity contribution in [3.63, 3.8) is 0 Å². The largest absolute Gasteiger partial charge is 0.493 e. The maximum Gasteiger partial charge on any atom is 0.231 e. The van der Waals surface area contributed by atoms with Crippen molar-refractivity contribution >= 4 is 10.8 Å². The Morgan fingerprint density at radius 2 is 1.68 bits per heavy atom. The number of methoxy groups -OCH3 is 1. The lowest BCUT2D eigenvalue weighted by Crippen LogP contribution is -2.41. The van der Waals surface area contributed by atoms with Gasteiger partial charge in [0.25, 0.3) is 0 Å². The highest BCUT2D eigenvalue weighted by molar-refractivity contribution is 5.95. The average molecular weight is 511 g/mol. The van der Waals surface area contributed by atoms with E-state index in [1.807, 2.05) is 6.07 Å². The van der Waals surface area contributed by atoms with Crippen molar-refractivity contribution in [2.45, 2.75) is 65.5 Å². The van der Waals surface area contributed by atoms with Crippen LogP contribution in [0.4, 0.5) is 0 Å². The first-order valence-electron chi connectivity index (χ1n) is 13.5. The van der Waals surface area contributed by atoms with E-state index in [0.29, 0.717) is 5.92 Å². The molecule has 0 bridgehead atoms. The minimum absolute atomic E-state index is 0.276. The van der Waals surface area contributed by atoms with Crippen molar-refractivity contribution in [3.05, 3.63) is 77.0 Å². The molecular formula is C33H36NO4+. The Hall–Kier alpha value is -3.73. The van der Waals surface area contributed by atoms with Crippen molar-refractivity contribution in [2.75, 3.05) is 13.9 Å². The molecule has 0 saturated heterocycles. The lowest BCUT2D eigenvalue weighted by Gasteiger charge is -2.25. The maximum atomic E-state index is 6.53. The molecule has 196 valence electrons. The lowest BCUT2D eigenvalue weighted by molar-refractivity contribution is -0.686. The molecule has 1 aromatic heterocycles. The van der Waals surface area contributed by atoms with Crippen LogP contribution in [0.15, 0.2) is 54.7 Å². The first-order chi connectivity index (χ1) is 18.2. The number of aromatic nitrogens is 1. The van der Waals surface area contributed by atoms with E-state index in [1.54, 1.807) is 7.11 Å². The molecule has 0 fully saturated rings. The topological polar surface area (TPSA) is 40.8 Å². The van der Waals surface area contributed by atoms with Gasteiger partial charge in [-0.15, -0.1) is 0 Å². The van der Waals surface area contributed by atoms with Gasteiger partial charge < -0.3 is 18.9 Å². The minimum atomic E-state index is -0.362. The van der Waals surface area contributed by atoms with Gasteiger partial charge in [0, 0.05) is 23.8 Å². The molecule has 4 aromatic rings. The molecule has 0 unspecified atom stereocenters. The second-order valence-corrected chi connectivity index (χ2v) is 11.6. The molecule has 0 saturated carbocycles. The minimum Gasteiger partial charge on any atom is -0.493 e. The van der Waals surface area contributed by atoms with Crippen LogP contribution in [0, 0.1) is 0 Å². The van der Waals surface area contributed by atoms with Gasteiger partial charge in [-0.3, -0.25) is 0 Å². The van der Waals surface area contributed by atoms with Crippen LogP contribution >= 0.6 is 0 Å². The summed E-state index contributed by atoms with van der Waals surface area (Å²) in [5.41, 5.74) is 7.30. The Balaban J connectivity index is 1.61. The normalized spacial score (nSPS) is 14.0. The fourth-order valence-electron chi connectivity index (χ4n) is 5.61. The summed E-state index contributed by atoms with van der Waals surface area (Å²) in [6.07, 6.45) is 3.98. The first-order valence-corrected chi connectivity index (χ1v) is 13.5. The molecule has 0 amide bonds. The van der Waals surface area contributed by atoms with Crippen LogP contribution in [0.5, 0.6) is 23.0 Å². The van der Waals surface area contributed by atoms with Crippen molar-refractivity contribution in [1.82, 2.24) is 0 Å². The molecule has 0 radical (unpaired) electrons. The summed E-state index contributed by atoms with van der Waals surface area (Å²) in [5, 5.41) is 2.25. The number of ether oxygens (including phenoxy) is 4. The number of fused-ring (bicyclic) bond motifs is 5. The van der Waals surface area contributed by atoms with Crippen LogP contribution in [0.1, 0.15) is 62.8 Å². The smallest absolute Gasteiger partial charge is 0.231 e. The predicted octanol–water partition coefficient (Wildman–Crippen LogP) is 6.98. The van der Waals surface area contributed by atoms with Crippen LogP contribution in [-0.2, 0) is 19.4 Å². The average Bonchev–Trinajstić information content (AvgIpc) is 3.34. The zero-order valence-electron chi connectivity index (χ0n) is 23.2. The second kappa shape index (κ2) is 9.23. The highest BCUT2D eigenvalue weighted by Gasteiger charge is 2.33. The number of pyridine rings is 1. The van der Waals surface area contributed by atoms with E-state index < -0.39 is 0 Å². The summed E-state index contributed by atoms with van der Waals surface area (Å²) in [4.78, 5) is 0. The van der Waals surface area contributed by atoms with Crippen LogP contribution in [0.2, 0.25) is 0 Å². The Kier molecular flexibility index (Phi) is 5.97. The van der Waals surface area contributed by atoms with Crippen molar-refractivity contribution in [2.24, 2.45) is 0 Å². The van der Waals surface area contributed by atoms with Gasteiger partial charge in [-0.2, -0.15) is 4.57 Å². The molecule has 38 heavy (non-hydrogen) atoms. The van der Waals surface area contributed by atoms with E-state index in [1.165, 1.54) is 38.9 Å². The molecule has 0 N–H and O–H groups in total. The summed E-state index contributed by atoms with van der Waals surface area (Å²) in [5.74, 6) is 3.71. The third-order valence-electron chi connectivity index (χ3n) is 7.47. The Morgan fingerprint density at radius 3 is 2.37 bits per heavy atom. The van der Waals surface area contributed by atoms with Gasteiger partial charge in [0.1, 0.15) is 5.60 Å². The highest BCUT2D eigenvalue weighted by Crippen LogP contribution is 2.44. The molecule has 3 aromatic carbocycles. The third kappa shape index (κ3) is 4.34. The highest BCUT2D eigenvalue weighted by atomic mass is 16.7. The standard InChI is InChI=1S/C33H36NO4/c1-20(2)22-9-7-21(8-10-22)15-26-24-11-12-28(35-6)32(38-33(3,4)5)27(24)18-34-14-13-23-16-29-30(37-19-36-29)17-25(23)31(26)34/h7-12,16-18,20H,13-15,19H2,1-6H3/q+1. The zero-order chi connectivity index (χ0) is 26.6. The summed E-state index contributed by atoms with van der Waals surface area (Å²) >= 11 is 0. The molecule has 0 spiro atoms. The van der Waals surface area contributed by atoms with E-state index in [9.17, 15) is 0 Å². The molecule has 0 atom stereocenters. The number of rotatable bonds is 5. The van der Waals surface area contributed by atoms with Gasteiger partial charge in [-0.1, -0.05) is 38.1 Å².